The molecule has 0 aromatic heterocycles. The third-order valence-electron chi connectivity index (χ3n) is 2.84. The number of ether oxygens (including phenoxy) is 1. The zero-order valence-electron chi connectivity index (χ0n) is 11.4. The van der Waals surface area contributed by atoms with E-state index in [1.165, 1.54) is 0 Å². The van der Waals surface area contributed by atoms with Gasteiger partial charge < -0.3 is 4.74 Å². The van der Waals surface area contributed by atoms with Crippen LogP contribution in [0.25, 0.3) is 0 Å². The Morgan fingerprint density at radius 3 is 2.43 bits per heavy atom. The lowest BCUT2D eigenvalue weighted by Gasteiger charge is -2.08. The van der Waals surface area contributed by atoms with Crippen LogP contribution in [0.5, 0.6) is 5.75 Å². The van der Waals surface area contributed by atoms with E-state index in [0.717, 1.165) is 25.2 Å². The number of Topliss-reactive ketones (excluding diaryl/α,β-unsaturated/α-hetero) is 1. The van der Waals surface area contributed by atoms with Gasteiger partial charge in [-0.3, -0.25) is 4.79 Å². The van der Waals surface area contributed by atoms with Crippen LogP contribution in [0, 0.1) is 0 Å². The normalized spacial score (nSPS) is 10.4. The van der Waals surface area contributed by atoms with Gasteiger partial charge in [-0.1, -0.05) is 31.9 Å². The second kappa shape index (κ2) is 8.01. The van der Waals surface area contributed by atoms with E-state index in [4.69, 9.17) is 4.74 Å². The Kier molecular flexibility index (Phi) is 6.33. The number of benzene rings is 2. The molecule has 110 valence electrons. The molecule has 0 amide bonds. The maximum Gasteiger partial charge on any atom is 0.147 e. The number of halogens is 2. The zero-order valence-corrected chi connectivity index (χ0v) is 15.4. The second-order valence-corrected chi connectivity index (χ2v) is 7.29. The van der Waals surface area contributed by atoms with Crippen LogP contribution in [-0.2, 0) is 11.2 Å². The standard InChI is InChI=1S/C16H14Br2O2S/c1-20-16-7-4-13(18)8-11(16)9-14(19)10-21-15-5-2-12(17)3-6-15/h2-8H,9-10H2,1H3. The van der Waals surface area contributed by atoms with Crippen LogP contribution in [0.1, 0.15) is 5.56 Å². The summed E-state index contributed by atoms with van der Waals surface area (Å²) in [6.07, 6.45) is 0.381. The average molecular weight is 430 g/mol. The summed E-state index contributed by atoms with van der Waals surface area (Å²) in [6, 6.07) is 13.7. The van der Waals surface area contributed by atoms with Gasteiger partial charge in [0.25, 0.3) is 0 Å². The van der Waals surface area contributed by atoms with E-state index in [2.05, 4.69) is 31.9 Å². The van der Waals surface area contributed by atoms with E-state index in [0.29, 0.717) is 12.2 Å². The molecule has 0 atom stereocenters. The van der Waals surface area contributed by atoms with Crippen LogP contribution < -0.4 is 4.74 Å². The number of hydrogen-bond donors (Lipinski definition) is 0. The van der Waals surface area contributed by atoms with Crippen molar-refractivity contribution in [1.29, 1.82) is 0 Å². The molecule has 0 saturated carbocycles. The number of methoxy groups -OCH3 is 1. The van der Waals surface area contributed by atoms with Gasteiger partial charge in [-0.05, 0) is 42.5 Å². The lowest BCUT2D eigenvalue weighted by atomic mass is 10.1. The number of thioether (sulfide) groups is 1. The molecular weight excluding hydrogens is 416 g/mol. The van der Waals surface area contributed by atoms with Gasteiger partial charge in [-0.2, -0.15) is 0 Å². The third-order valence-corrected chi connectivity index (χ3v) is 4.94. The molecule has 0 heterocycles. The van der Waals surface area contributed by atoms with E-state index < -0.39 is 0 Å². The molecule has 5 heteroatoms. The van der Waals surface area contributed by atoms with E-state index >= 15 is 0 Å². The van der Waals surface area contributed by atoms with Crippen LogP contribution in [-0.4, -0.2) is 18.6 Å². The predicted octanol–water partition coefficient (Wildman–Crippen LogP) is 5.12. The summed E-state index contributed by atoms with van der Waals surface area (Å²) >= 11 is 8.37. The quantitative estimate of drug-likeness (QED) is 0.595. The molecule has 0 radical (unpaired) electrons. The van der Waals surface area contributed by atoms with Crippen molar-refractivity contribution in [3.63, 3.8) is 0 Å². The first-order chi connectivity index (χ1) is 10.1. The highest BCUT2D eigenvalue weighted by molar-refractivity contribution is 9.10. The largest absolute Gasteiger partial charge is 0.496 e. The van der Waals surface area contributed by atoms with E-state index in [-0.39, 0.29) is 5.78 Å². The summed E-state index contributed by atoms with van der Waals surface area (Å²) in [5, 5.41) is 0. The van der Waals surface area contributed by atoms with Crippen LogP contribution in [0.4, 0.5) is 0 Å². The van der Waals surface area contributed by atoms with Crippen molar-refractivity contribution in [2.75, 3.05) is 12.9 Å². The fraction of sp³-hybridized carbons (Fsp3) is 0.188. The van der Waals surface area contributed by atoms with Gasteiger partial charge in [0, 0.05) is 25.8 Å². The molecule has 2 rings (SSSR count). The van der Waals surface area contributed by atoms with Gasteiger partial charge in [-0.15, -0.1) is 11.8 Å². The molecule has 0 unspecified atom stereocenters. The first kappa shape index (κ1) is 16.6. The Morgan fingerprint density at radius 1 is 1.10 bits per heavy atom. The van der Waals surface area contributed by atoms with Gasteiger partial charge in [0.2, 0.25) is 0 Å². The van der Waals surface area contributed by atoms with Crippen molar-refractivity contribution >= 4 is 49.4 Å². The first-order valence-electron chi connectivity index (χ1n) is 6.31. The van der Waals surface area contributed by atoms with Gasteiger partial charge in [0.05, 0.1) is 12.9 Å². The highest BCUT2D eigenvalue weighted by Gasteiger charge is 2.10. The Hall–Kier alpha value is -0.780. The van der Waals surface area contributed by atoms with E-state index in [1.807, 2.05) is 42.5 Å². The number of carbonyl (C=O) groups excluding carboxylic acids is 1. The monoisotopic (exact) mass is 428 g/mol. The van der Waals surface area contributed by atoms with E-state index in [1.54, 1.807) is 18.9 Å². The summed E-state index contributed by atoms with van der Waals surface area (Å²) in [4.78, 5) is 13.2. The summed E-state index contributed by atoms with van der Waals surface area (Å²) in [5.41, 5.74) is 0.910. The van der Waals surface area contributed by atoms with Crippen molar-refractivity contribution in [2.45, 2.75) is 11.3 Å². The topological polar surface area (TPSA) is 26.3 Å². The van der Waals surface area contributed by atoms with Crippen molar-refractivity contribution in [3.8, 4) is 5.75 Å². The minimum Gasteiger partial charge on any atom is -0.496 e. The molecule has 0 N–H and O–H groups in total. The molecule has 2 aromatic carbocycles. The molecular formula is C16H14Br2O2S. The molecule has 0 fully saturated rings. The molecule has 0 bridgehead atoms. The maximum atomic E-state index is 12.1. The van der Waals surface area contributed by atoms with Gasteiger partial charge in [0.15, 0.2) is 0 Å². The fourth-order valence-corrected chi connectivity index (χ4v) is 3.27. The Morgan fingerprint density at radius 2 is 1.76 bits per heavy atom. The van der Waals surface area contributed by atoms with Crippen molar-refractivity contribution in [2.24, 2.45) is 0 Å². The summed E-state index contributed by atoms with van der Waals surface area (Å²) in [5.74, 6) is 1.39. The predicted molar refractivity (Wildman–Crippen MR) is 94.3 cm³/mol. The van der Waals surface area contributed by atoms with Crippen molar-refractivity contribution in [3.05, 3.63) is 57.0 Å². The van der Waals surface area contributed by atoms with Crippen molar-refractivity contribution in [1.82, 2.24) is 0 Å². The molecule has 0 aliphatic heterocycles. The Bertz CT molecular complexity index is 627. The highest BCUT2D eigenvalue weighted by Crippen LogP contribution is 2.25. The summed E-state index contributed by atoms with van der Waals surface area (Å²) < 4.78 is 7.28. The molecule has 0 saturated heterocycles. The first-order valence-corrected chi connectivity index (χ1v) is 8.88. The SMILES string of the molecule is COc1ccc(Br)cc1CC(=O)CSc1ccc(Br)cc1. The van der Waals surface area contributed by atoms with Gasteiger partial charge in [-0.25, -0.2) is 0 Å². The maximum absolute atomic E-state index is 12.1. The molecule has 21 heavy (non-hydrogen) atoms. The van der Waals surface area contributed by atoms with Crippen molar-refractivity contribution < 1.29 is 9.53 Å². The molecule has 0 aliphatic rings. The molecule has 0 aliphatic carbocycles. The molecule has 2 nitrogen and oxygen atoms in total. The number of ketones is 1. The van der Waals surface area contributed by atoms with Crippen LogP contribution >= 0.6 is 43.6 Å². The smallest absolute Gasteiger partial charge is 0.147 e. The third kappa shape index (κ3) is 5.16. The fourth-order valence-electron chi connectivity index (χ4n) is 1.84. The van der Waals surface area contributed by atoms with Gasteiger partial charge in [0.1, 0.15) is 11.5 Å². The highest BCUT2D eigenvalue weighted by atomic mass is 79.9. The number of carbonyl (C=O) groups is 1. The van der Waals surface area contributed by atoms with Crippen LogP contribution in [0.15, 0.2) is 56.3 Å². The lowest BCUT2D eigenvalue weighted by molar-refractivity contribution is -0.116. The Labute approximate surface area is 145 Å². The zero-order chi connectivity index (χ0) is 15.2. The Balaban J connectivity index is 1.95. The summed E-state index contributed by atoms with van der Waals surface area (Å²) in [7, 11) is 1.62. The van der Waals surface area contributed by atoms with Crippen LogP contribution in [0.3, 0.4) is 0 Å². The van der Waals surface area contributed by atoms with E-state index in [9.17, 15) is 4.79 Å². The number of hydrogen-bond acceptors (Lipinski definition) is 3. The second-order valence-electron chi connectivity index (χ2n) is 4.41. The minimum absolute atomic E-state index is 0.180. The van der Waals surface area contributed by atoms with Crippen LogP contribution in [0.2, 0.25) is 0 Å². The van der Waals surface area contributed by atoms with Gasteiger partial charge >= 0.3 is 0 Å². The summed E-state index contributed by atoms with van der Waals surface area (Å²) in [6.45, 7) is 0. The minimum atomic E-state index is 0.180. The average Bonchev–Trinajstić information content (AvgIpc) is 2.47. The molecule has 2 aromatic rings. The lowest BCUT2D eigenvalue weighted by Crippen LogP contribution is -2.07. The molecule has 0 spiro atoms. The number of rotatable bonds is 6.